The Bertz CT molecular complexity index is 693. The van der Waals surface area contributed by atoms with Crippen LogP contribution in [0.1, 0.15) is 31.2 Å². The lowest BCUT2D eigenvalue weighted by molar-refractivity contribution is -0.134. The molecule has 1 aromatic carbocycles. The number of carbonyl (C=O) groups is 1. The summed E-state index contributed by atoms with van der Waals surface area (Å²) in [7, 11) is -3.68. The van der Waals surface area contributed by atoms with E-state index in [0.717, 1.165) is 37.9 Å². The molecule has 2 atom stereocenters. The Morgan fingerprint density at radius 1 is 1.29 bits per heavy atom. The highest BCUT2D eigenvalue weighted by atomic mass is 35.5. The molecule has 0 aromatic heterocycles. The van der Waals surface area contributed by atoms with E-state index in [0.29, 0.717) is 12.5 Å². The second-order valence-electron chi connectivity index (χ2n) is 6.60. The van der Waals surface area contributed by atoms with Gasteiger partial charge in [0.25, 0.3) is 0 Å². The molecule has 1 amide bonds. The minimum atomic E-state index is -3.68. The number of amides is 1. The van der Waals surface area contributed by atoms with Crippen LogP contribution in [-0.4, -0.2) is 27.4 Å². The summed E-state index contributed by atoms with van der Waals surface area (Å²) in [6, 6.07) is 6.30. The van der Waals surface area contributed by atoms with Crippen LogP contribution in [0.4, 0.5) is 0 Å². The van der Waals surface area contributed by atoms with Crippen molar-refractivity contribution in [2.75, 3.05) is 13.1 Å². The molecule has 1 aromatic rings. The largest absolute Gasteiger partial charge is 0.351 e. The summed E-state index contributed by atoms with van der Waals surface area (Å²) in [4.78, 5) is 12.8. The van der Waals surface area contributed by atoms with Gasteiger partial charge in [-0.15, -0.1) is 12.4 Å². The smallest absolute Gasteiger partial charge is 0.238 e. The number of hydrogen-bond acceptors (Lipinski definition) is 4. The van der Waals surface area contributed by atoms with Crippen LogP contribution in [0, 0.1) is 11.3 Å². The quantitative estimate of drug-likeness (QED) is 0.736. The van der Waals surface area contributed by atoms with Crippen LogP contribution in [0.25, 0.3) is 0 Å². The van der Waals surface area contributed by atoms with Gasteiger partial charge in [0.05, 0.1) is 10.3 Å². The van der Waals surface area contributed by atoms with Crippen molar-refractivity contribution in [1.82, 2.24) is 10.6 Å². The molecule has 1 aliphatic heterocycles. The minimum Gasteiger partial charge on any atom is -0.351 e. The highest BCUT2D eigenvalue weighted by Crippen LogP contribution is 2.43. The lowest BCUT2D eigenvalue weighted by Crippen LogP contribution is -2.47. The van der Waals surface area contributed by atoms with Crippen molar-refractivity contribution in [1.29, 1.82) is 0 Å². The van der Waals surface area contributed by atoms with Crippen LogP contribution in [0.2, 0.25) is 0 Å². The first-order valence-electron chi connectivity index (χ1n) is 8.03. The predicted molar refractivity (Wildman–Crippen MR) is 94.2 cm³/mol. The fraction of sp³-hybridized carbons (Fsp3) is 0.562. The van der Waals surface area contributed by atoms with E-state index in [-0.39, 0.29) is 28.6 Å². The molecule has 4 N–H and O–H groups in total. The maximum absolute atomic E-state index is 12.7. The summed E-state index contributed by atoms with van der Waals surface area (Å²) in [5.41, 5.74) is 0.596. The SMILES string of the molecule is Cl.NS(=O)(=O)c1ccc(CNC(=O)[C@@]23CCCC[C@H]2CNC3)cc1. The highest BCUT2D eigenvalue weighted by molar-refractivity contribution is 7.89. The van der Waals surface area contributed by atoms with Gasteiger partial charge in [-0.1, -0.05) is 25.0 Å². The van der Waals surface area contributed by atoms with Crippen LogP contribution < -0.4 is 15.8 Å². The zero-order valence-electron chi connectivity index (χ0n) is 13.5. The van der Waals surface area contributed by atoms with Crippen molar-refractivity contribution in [3.8, 4) is 0 Å². The Morgan fingerprint density at radius 3 is 2.67 bits per heavy atom. The lowest BCUT2D eigenvalue weighted by Gasteiger charge is -2.37. The van der Waals surface area contributed by atoms with Gasteiger partial charge in [-0.05, 0) is 43.0 Å². The number of primary sulfonamides is 1. The molecule has 1 aliphatic carbocycles. The van der Waals surface area contributed by atoms with Crippen molar-refractivity contribution in [2.45, 2.75) is 37.1 Å². The Hall–Kier alpha value is -1.15. The third kappa shape index (κ3) is 3.74. The summed E-state index contributed by atoms with van der Waals surface area (Å²) in [5.74, 6) is 0.545. The van der Waals surface area contributed by atoms with Crippen molar-refractivity contribution in [2.24, 2.45) is 16.5 Å². The number of carbonyl (C=O) groups excluding carboxylic acids is 1. The molecular formula is C16H24ClN3O3S. The Kier molecular flexibility index (Phi) is 5.91. The lowest BCUT2D eigenvalue weighted by atomic mass is 9.67. The van der Waals surface area contributed by atoms with Gasteiger partial charge in [0, 0.05) is 13.1 Å². The van der Waals surface area contributed by atoms with Crippen LogP contribution in [0.5, 0.6) is 0 Å². The summed E-state index contributed by atoms with van der Waals surface area (Å²) in [5, 5.41) is 11.5. The third-order valence-corrected chi connectivity index (χ3v) is 6.12. The number of nitrogens with two attached hydrogens (primary N) is 1. The van der Waals surface area contributed by atoms with Gasteiger partial charge in [-0.25, -0.2) is 13.6 Å². The fourth-order valence-electron chi connectivity index (χ4n) is 3.85. The fourth-order valence-corrected chi connectivity index (χ4v) is 4.36. The van der Waals surface area contributed by atoms with E-state index < -0.39 is 10.0 Å². The number of sulfonamides is 1. The maximum Gasteiger partial charge on any atom is 0.238 e. The molecule has 0 bridgehead atoms. The van der Waals surface area contributed by atoms with Gasteiger partial charge in [-0.3, -0.25) is 4.79 Å². The van der Waals surface area contributed by atoms with E-state index in [1.54, 1.807) is 12.1 Å². The van der Waals surface area contributed by atoms with Crippen molar-refractivity contribution < 1.29 is 13.2 Å². The molecule has 2 fully saturated rings. The first-order valence-corrected chi connectivity index (χ1v) is 9.57. The summed E-state index contributed by atoms with van der Waals surface area (Å²) in [6.45, 7) is 2.09. The molecule has 2 aliphatic rings. The topological polar surface area (TPSA) is 101 Å². The first kappa shape index (κ1) is 19.2. The molecule has 1 heterocycles. The van der Waals surface area contributed by atoms with Gasteiger partial charge in [-0.2, -0.15) is 0 Å². The van der Waals surface area contributed by atoms with E-state index in [1.165, 1.54) is 18.6 Å². The van der Waals surface area contributed by atoms with Crippen LogP contribution >= 0.6 is 12.4 Å². The molecule has 3 rings (SSSR count). The third-order valence-electron chi connectivity index (χ3n) is 5.20. The van der Waals surface area contributed by atoms with Crippen LogP contribution in [0.15, 0.2) is 29.2 Å². The van der Waals surface area contributed by atoms with E-state index in [1.807, 2.05) is 0 Å². The van der Waals surface area contributed by atoms with Crippen molar-refractivity contribution in [3.63, 3.8) is 0 Å². The average molecular weight is 374 g/mol. The van der Waals surface area contributed by atoms with E-state index >= 15 is 0 Å². The van der Waals surface area contributed by atoms with Gasteiger partial charge >= 0.3 is 0 Å². The average Bonchev–Trinajstić information content (AvgIpc) is 2.97. The number of benzene rings is 1. The standard InChI is InChI=1S/C16H23N3O3S.ClH/c17-23(21,22)14-6-4-12(5-7-14)9-19-15(20)16-8-2-1-3-13(16)10-18-11-16;/h4-7,13,18H,1-3,8-11H2,(H,19,20)(H2,17,21,22);1H/t13-,16+;/m0./s1. The van der Waals surface area contributed by atoms with Crippen molar-refractivity contribution in [3.05, 3.63) is 29.8 Å². The molecular weight excluding hydrogens is 350 g/mol. The number of fused-ring (bicyclic) bond motifs is 1. The van der Waals surface area contributed by atoms with Crippen LogP contribution in [-0.2, 0) is 21.4 Å². The summed E-state index contributed by atoms with van der Waals surface area (Å²) in [6.07, 6.45) is 4.37. The zero-order chi connectivity index (χ0) is 16.5. The van der Waals surface area contributed by atoms with Crippen molar-refractivity contribution >= 4 is 28.3 Å². The summed E-state index contributed by atoms with van der Waals surface area (Å²) < 4.78 is 22.5. The molecule has 0 unspecified atom stereocenters. The van der Waals surface area contributed by atoms with Gasteiger partial charge in [0.15, 0.2) is 0 Å². The second kappa shape index (κ2) is 7.39. The van der Waals surface area contributed by atoms with Gasteiger partial charge in [0.1, 0.15) is 0 Å². The first-order chi connectivity index (χ1) is 10.9. The molecule has 0 spiro atoms. The number of hydrogen-bond donors (Lipinski definition) is 3. The Labute approximate surface area is 149 Å². The molecule has 24 heavy (non-hydrogen) atoms. The monoisotopic (exact) mass is 373 g/mol. The zero-order valence-corrected chi connectivity index (χ0v) is 15.1. The van der Waals surface area contributed by atoms with E-state index in [9.17, 15) is 13.2 Å². The van der Waals surface area contributed by atoms with E-state index in [2.05, 4.69) is 10.6 Å². The number of rotatable bonds is 4. The predicted octanol–water partition coefficient (Wildman–Crippen LogP) is 1.15. The molecule has 8 heteroatoms. The molecule has 134 valence electrons. The molecule has 6 nitrogen and oxygen atoms in total. The Morgan fingerprint density at radius 2 is 2.00 bits per heavy atom. The molecule has 1 saturated carbocycles. The van der Waals surface area contributed by atoms with Crippen LogP contribution in [0.3, 0.4) is 0 Å². The number of nitrogens with one attached hydrogen (secondary N) is 2. The van der Waals surface area contributed by atoms with Gasteiger partial charge < -0.3 is 10.6 Å². The maximum atomic E-state index is 12.7. The highest BCUT2D eigenvalue weighted by Gasteiger charge is 2.49. The van der Waals surface area contributed by atoms with Gasteiger partial charge in [0.2, 0.25) is 15.9 Å². The molecule has 0 radical (unpaired) electrons. The van der Waals surface area contributed by atoms with E-state index in [4.69, 9.17) is 5.14 Å². The normalized spacial score (nSPS) is 26.3. The number of halogens is 1. The second-order valence-corrected chi connectivity index (χ2v) is 8.16. The molecule has 1 saturated heterocycles. The summed E-state index contributed by atoms with van der Waals surface area (Å²) >= 11 is 0. The minimum absolute atomic E-state index is 0. The Balaban J connectivity index is 0.00000208.